The number of ether oxygens (including phenoxy) is 1. The molecule has 6 nitrogen and oxygen atoms in total. The Labute approximate surface area is 176 Å². The van der Waals surface area contributed by atoms with Crippen molar-refractivity contribution in [1.29, 1.82) is 0 Å². The zero-order valence-electron chi connectivity index (χ0n) is 18.9. The van der Waals surface area contributed by atoms with E-state index in [-0.39, 0.29) is 5.91 Å². The molecule has 0 radical (unpaired) electrons. The molecule has 0 saturated heterocycles. The molecule has 0 aliphatic heterocycles. The zero-order valence-corrected chi connectivity index (χ0v) is 18.9. The van der Waals surface area contributed by atoms with E-state index in [2.05, 4.69) is 23.8 Å². The van der Waals surface area contributed by atoms with E-state index in [1.807, 2.05) is 14.1 Å². The number of aromatic nitrogens is 2. The predicted molar refractivity (Wildman–Crippen MR) is 116 cm³/mol. The lowest BCUT2D eigenvalue weighted by molar-refractivity contribution is 0.0766. The van der Waals surface area contributed by atoms with Crippen molar-refractivity contribution in [3.8, 4) is 0 Å². The monoisotopic (exact) mass is 404 g/mol. The highest BCUT2D eigenvalue weighted by Crippen LogP contribution is 2.29. The van der Waals surface area contributed by atoms with Gasteiger partial charge in [0.1, 0.15) is 0 Å². The predicted octanol–water partition coefficient (Wildman–Crippen LogP) is 3.43. The summed E-state index contributed by atoms with van der Waals surface area (Å²) < 4.78 is 7.83. The van der Waals surface area contributed by atoms with E-state index in [0.717, 1.165) is 45.4 Å². The highest BCUT2D eigenvalue weighted by molar-refractivity contribution is 5.93. The first-order chi connectivity index (χ1) is 14.0. The maximum Gasteiger partial charge on any atom is 0.274 e. The van der Waals surface area contributed by atoms with E-state index in [1.165, 1.54) is 43.4 Å². The fourth-order valence-corrected chi connectivity index (χ4v) is 4.71. The van der Waals surface area contributed by atoms with Gasteiger partial charge in [-0.05, 0) is 64.8 Å². The lowest BCUT2D eigenvalue weighted by atomic mass is 9.88. The number of nitrogens with one attached hydrogen (secondary N) is 1. The first-order valence-electron chi connectivity index (χ1n) is 11.6. The van der Waals surface area contributed by atoms with Crippen molar-refractivity contribution in [1.82, 2.24) is 20.0 Å². The molecule has 1 N–H and O–H groups in total. The van der Waals surface area contributed by atoms with Crippen molar-refractivity contribution < 1.29 is 9.53 Å². The molecule has 2 aliphatic carbocycles. The summed E-state index contributed by atoms with van der Waals surface area (Å²) in [5, 5.41) is 8.53. The Morgan fingerprint density at radius 1 is 1.24 bits per heavy atom. The summed E-state index contributed by atoms with van der Waals surface area (Å²) in [6.45, 7) is 6.88. The standard InChI is InChI=1S/C23H40N4O2/c1-17(2)29-14-8-13-24-19-11-12-21-20(15-19)22(23(28)26(3)4)25-27(21)16-18-9-6-5-7-10-18/h17-19,24H,5-16H2,1-4H3/t19-/m0/s1. The SMILES string of the molecule is CC(C)OCCCN[C@H]1CCc2c(c(C(=O)N(C)C)nn2CC2CCCCC2)C1. The van der Waals surface area contributed by atoms with Crippen LogP contribution in [0.25, 0.3) is 0 Å². The summed E-state index contributed by atoms with van der Waals surface area (Å²) in [5.74, 6) is 0.751. The second kappa shape index (κ2) is 10.6. The van der Waals surface area contributed by atoms with Gasteiger partial charge in [-0.2, -0.15) is 5.10 Å². The van der Waals surface area contributed by atoms with Crippen LogP contribution in [0.15, 0.2) is 0 Å². The van der Waals surface area contributed by atoms with Crippen molar-refractivity contribution in [3.05, 3.63) is 17.0 Å². The third-order valence-electron chi connectivity index (χ3n) is 6.32. The lowest BCUT2D eigenvalue weighted by Crippen LogP contribution is -2.36. The molecule has 0 spiro atoms. The third-order valence-corrected chi connectivity index (χ3v) is 6.32. The molecule has 0 bridgehead atoms. The molecule has 1 fully saturated rings. The van der Waals surface area contributed by atoms with Crippen LogP contribution in [0.5, 0.6) is 0 Å². The molecule has 0 aromatic carbocycles. The minimum absolute atomic E-state index is 0.0367. The number of carbonyl (C=O) groups excluding carboxylic acids is 1. The van der Waals surface area contributed by atoms with Crippen molar-refractivity contribution in [3.63, 3.8) is 0 Å². The molecule has 1 aromatic rings. The Hall–Kier alpha value is -1.40. The molecule has 6 heteroatoms. The summed E-state index contributed by atoms with van der Waals surface area (Å²) in [4.78, 5) is 14.5. The van der Waals surface area contributed by atoms with Gasteiger partial charge in [0.05, 0.1) is 6.10 Å². The van der Waals surface area contributed by atoms with Gasteiger partial charge < -0.3 is 15.0 Å². The Bertz CT molecular complexity index is 662. The highest BCUT2D eigenvalue weighted by atomic mass is 16.5. The minimum Gasteiger partial charge on any atom is -0.379 e. The molecule has 1 aromatic heterocycles. The van der Waals surface area contributed by atoms with Gasteiger partial charge in [0, 0.05) is 44.5 Å². The van der Waals surface area contributed by atoms with Crippen LogP contribution >= 0.6 is 0 Å². The first kappa shape index (κ1) is 22.3. The van der Waals surface area contributed by atoms with E-state index >= 15 is 0 Å². The number of fused-ring (bicyclic) bond motifs is 1. The van der Waals surface area contributed by atoms with Gasteiger partial charge in [0.15, 0.2) is 5.69 Å². The molecule has 0 unspecified atom stereocenters. The van der Waals surface area contributed by atoms with Crippen LogP contribution in [0.2, 0.25) is 0 Å². The van der Waals surface area contributed by atoms with Crippen molar-refractivity contribution in [2.75, 3.05) is 27.2 Å². The molecule has 1 heterocycles. The number of nitrogens with zero attached hydrogens (tertiary/aromatic N) is 3. The summed E-state index contributed by atoms with van der Waals surface area (Å²) in [6.07, 6.45) is 11.0. The van der Waals surface area contributed by atoms with Crippen molar-refractivity contribution in [2.45, 2.75) is 90.3 Å². The Kier molecular flexibility index (Phi) is 8.13. The van der Waals surface area contributed by atoms with E-state index in [0.29, 0.717) is 23.8 Å². The molecular formula is C23H40N4O2. The zero-order chi connectivity index (χ0) is 20.8. The second-order valence-corrected chi connectivity index (χ2v) is 9.33. The van der Waals surface area contributed by atoms with Gasteiger partial charge in [-0.25, -0.2) is 0 Å². The van der Waals surface area contributed by atoms with Crippen LogP contribution < -0.4 is 5.32 Å². The quantitative estimate of drug-likeness (QED) is 0.641. The number of amides is 1. The van der Waals surface area contributed by atoms with Gasteiger partial charge in [0.2, 0.25) is 0 Å². The van der Waals surface area contributed by atoms with E-state index in [9.17, 15) is 4.79 Å². The fourth-order valence-electron chi connectivity index (χ4n) is 4.71. The van der Waals surface area contributed by atoms with Gasteiger partial charge >= 0.3 is 0 Å². The highest BCUT2D eigenvalue weighted by Gasteiger charge is 2.30. The van der Waals surface area contributed by atoms with Crippen molar-refractivity contribution >= 4 is 5.91 Å². The molecule has 29 heavy (non-hydrogen) atoms. The summed E-state index contributed by atoms with van der Waals surface area (Å²) >= 11 is 0. The minimum atomic E-state index is 0.0367. The topological polar surface area (TPSA) is 59.4 Å². The maximum absolute atomic E-state index is 12.8. The lowest BCUT2D eigenvalue weighted by Gasteiger charge is -2.26. The first-order valence-corrected chi connectivity index (χ1v) is 11.6. The number of hydrogen-bond acceptors (Lipinski definition) is 4. The van der Waals surface area contributed by atoms with Gasteiger partial charge in [-0.3, -0.25) is 9.48 Å². The number of rotatable bonds is 9. The average molecular weight is 405 g/mol. The fraction of sp³-hybridized carbons (Fsp3) is 0.826. The van der Waals surface area contributed by atoms with E-state index in [4.69, 9.17) is 9.84 Å². The van der Waals surface area contributed by atoms with Gasteiger partial charge in [0.25, 0.3) is 5.91 Å². The van der Waals surface area contributed by atoms with Crippen LogP contribution in [0, 0.1) is 5.92 Å². The van der Waals surface area contributed by atoms with Crippen LogP contribution in [0.3, 0.4) is 0 Å². The average Bonchev–Trinajstić information content (AvgIpc) is 3.05. The number of hydrogen-bond donors (Lipinski definition) is 1. The second-order valence-electron chi connectivity index (χ2n) is 9.33. The summed E-state index contributed by atoms with van der Waals surface area (Å²) in [7, 11) is 3.64. The van der Waals surface area contributed by atoms with E-state index < -0.39 is 0 Å². The largest absolute Gasteiger partial charge is 0.379 e. The molecular weight excluding hydrogens is 364 g/mol. The van der Waals surface area contributed by atoms with Crippen LogP contribution in [-0.2, 0) is 24.1 Å². The summed E-state index contributed by atoms with van der Waals surface area (Å²) in [6, 6.07) is 0.419. The maximum atomic E-state index is 12.8. The number of carbonyl (C=O) groups is 1. The van der Waals surface area contributed by atoms with Gasteiger partial charge in [-0.15, -0.1) is 0 Å². The molecule has 2 aliphatic rings. The van der Waals surface area contributed by atoms with Crippen LogP contribution in [0.1, 0.15) is 80.5 Å². The molecule has 3 rings (SSSR count). The van der Waals surface area contributed by atoms with Crippen LogP contribution in [-0.4, -0.2) is 60.0 Å². The van der Waals surface area contributed by atoms with E-state index in [1.54, 1.807) is 4.90 Å². The Morgan fingerprint density at radius 2 is 2.00 bits per heavy atom. The normalized spacial score (nSPS) is 20.1. The smallest absolute Gasteiger partial charge is 0.274 e. The van der Waals surface area contributed by atoms with Crippen molar-refractivity contribution in [2.24, 2.45) is 5.92 Å². The molecule has 164 valence electrons. The molecule has 1 amide bonds. The third kappa shape index (κ3) is 6.05. The Morgan fingerprint density at radius 3 is 2.69 bits per heavy atom. The van der Waals surface area contributed by atoms with Gasteiger partial charge in [-0.1, -0.05) is 19.3 Å². The van der Waals surface area contributed by atoms with Crippen LogP contribution in [0.4, 0.5) is 0 Å². The Balaban J connectivity index is 1.66. The summed E-state index contributed by atoms with van der Waals surface area (Å²) in [5.41, 5.74) is 3.17. The molecule has 1 atom stereocenters. The molecule has 1 saturated carbocycles.